The topological polar surface area (TPSA) is 59.8 Å². The first-order valence-electron chi connectivity index (χ1n) is 1.90. The monoisotopic (exact) mass is 287 g/mol. The number of ether oxygens (including phenoxy) is 1. The zero-order valence-electron chi connectivity index (χ0n) is 4.72. The molecule has 0 bridgehead atoms. The van der Waals surface area contributed by atoms with Crippen molar-refractivity contribution in [2.24, 2.45) is 0 Å². The van der Waals surface area contributed by atoms with Crippen LogP contribution in [0.15, 0.2) is 0 Å². The first-order valence-corrected chi connectivity index (χ1v) is 1.90. The minimum atomic E-state index is 0. The second-order valence-corrected chi connectivity index (χ2v) is 0.932. The summed E-state index contributed by atoms with van der Waals surface area (Å²) in [5.41, 5.74) is 0. The third-order valence-corrected chi connectivity index (χ3v) is 0.365. The van der Waals surface area contributed by atoms with E-state index in [4.69, 9.17) is 0 Å². The van der Waals surface area contributed by atoms with Crippen molar-refractivity contribution >= 4 is 6.47 Å². The van der Waals surface area contributed by atoms with Gasteiger partial charge in [0.15, 0.2) is 0 Å². The molecular weight excluding hydrogens is 278 g/mol. The number of rotatable bonds is 3. The molecule has 0 radical (unpaired) electrons. The molecule has 8 heavy (non-hydrogen) atoms. The van der Waals surface area contributed by atoms with E-state index in [9.17, 15) is 4.79 Å². The van der Waals surface area contributed by atoms with E-state index in [0.29, 0.717) is 6.61 Å². The van der Waals surface area contributed by atoms with Crippen LogP contribution >= 0.6 is 0 Å². The van der Waals surface area contributed by atoms with E-state index in [1.165, 1.54) is 6.47 Å². The predicted molar refractivity (Wildman–Crippen MR) is 27.2 cm³/mol. The molecule has 0 atom stereocenters. The van der Waals surface area contributed by atoms with Crippen LogP contribution < -0.4 is 0 Å². The maximum Gasteiger partial charge on any atom is 2.00 e. The van der Waals surface area contributed by atoms with Crippen molar-refractivity contribution in [3.8, 4) is 0 Å². The minimum absolute atomic E-state index is 0. The first kappa shape index (κ1) is 15.7. The molecule has 0 aromatic carbocycles. The SMILES string of the molecule is CCCO[C-]=O.[NH2-].[W+2]. The van der Waals surface area contributed by atoms with Gasteiger partial charge in [-0.1, -0.05) is 13.4 Å². The van der Waals surface area contributed by atoms with Gasteiger partial charge in [-0.25, -0.2) is 0 Å². The van der Waals surface area contributed by atoms with Crippen LogP contribution in [0.25, 0.3) is 6.15 Å². The van der Waals surface area contributed by atoms with Gasteiger partial charge < -0.3 is 15.7 Å². The Bertz CT molecular complexity index is 43.0. The van der Waals surface area contributed by atoms with Gasteiger partial charge in [-0.15, -0.1) is 0 Å². The van der Waals surface area contributed by atoms with Gasteiger partial charge in [0.2, 0.25) is 0 Å². The molecular formula is C4H9NO2W. The van der Waals surface area contributed by atoms with Crippen molar-refractivity contribution in [1.29, 1.82) is 0 Å². The van der Waals surface area contributed by atoms with Gasteiger partial charge >= 0.3 is 21.1 Å². The van der Waals surface area contributed by atoms with E-state index in [-0.39, 0.29) is 27.2 Å². The molecule has 3 nitrogen and oxygen atoms in total. The Balaban J connectivity index is -0.000000125. The van der Waals surface area contributed by atoms with E-state index in [1.807, 2.05) is 6.92 Å². The normalized spacial score (nSPS) is 5.62. The summed E-state index contributed by atoms with van der Waals surface area (Å²) in [6.07, 6.45) is 0.870. The largest absolute Gasteiger partial charge is 2.00 e. The van der Waals surface area contributed by atoms with Gasteiger partial charge in [-0.05, 0) is 6.42 Å². The average Bonchev–Trinajstić information content (AvgIpc) is 1.61. The summed E-state index contributed by atoms with van der Waals surface area (Å²) in [6.45, 7) is 3.74. The fraction of sp³-hybridized carbons (Fsp3) is 0.750. The number of nitrogens with two attached hydrogens (primary N) is 1. The minimum Gasteiger partial charge on any atom is -0.693 e. The van der Waals surface area contributed by atoms with Crippen LogP contribution in [0.3, 0.4) is 0 Å². The maximum atomic E-state index is 9.22. The molecule has 0 saturated carbocycles. The standard InChI is InChI=1S/C4H7O2.H2N.W/c1-2-3-6-4-5;;/h2-3H2,1H3;1H2;/q2*-1;+2. The average molecular weight is 287 g/mol. The zero-order valence-corrected chi connectivity index (χ0v) is 7.65. The van der Waals surface area contributed by atoms with Gasteiger partial charge in [0.05, 0.1) is 0 Å². The Morgan fingerprint density at radius 1 is 1.62 bits per heavy atom. The molecule has 0 aliphatic carbocycles. The Labute approximate surface area is 63.6 Å². The molecule has 2 N–H and O–H groups in total. The van der Waals surface area contributed by atoms with E-state index in [0.717, 1.165) is 6.42 Å². The van der Waals surface area contributed by atoms with Crippen molar-refractivity contribution in [3.63, 3.8) is 0 Å². The maximum absolute atomic E-state index is 9.22. The Morgan fingerprint density at radius 3 is 2.25 bits per heavy atom. The number of hydrogen-bond acceptors (Lipinski definition) is 2. The Morgan fingerprint density at radius 2 is 2.12 bits per heavy atom. The molecule has 0 aromatic heterocycles. The van der Waals surface area contributed by atoms with Crippen LogP contribution in [0, 0.1) is 0 Å². The molecule has 0 amide bonds. The summed E-state index contributed by atoms with van der Waals surface area (Å²) in [5.74, 6) is 0. The van der Waals surface area contributed by atoms with Crippen LogP contribution in [0.4, 0.5) is 0 Å². The number of hydrogen-bond donors (Lipinski definition) is 0. The van der Waals surface area contributed by atoms with E-state index >= 15 is 0 Å². The second kappa shape index (κ2) is 15.7. The van der Waals surface area contributed by atoms with Crippen molar-refractivity contribution < 1.29 is 30.6 Å². The molecule has 0 rings (SSSR count). The molecule has 0 unspecified atom stereocenters. The zero-order chi connectivity index (χ0) is 4.83. The quantitative estimate of drug-likeness (QED) is 0.578. The smallest absolute Gasteiger partial charge is 0.693 e. The molecule has 4 heteroatoms. The van der Waals surface area contributed by atoms with Gasteiger partial charge in [0.25, 0.3) is 0 Å². The molecule has 0 fully saturated rings. The fourth-order valence-electron chi connectivity index (χ4n) is 0.144. The van der Waals surface area contributed by atoms with Gasteiger partial charge in [-0.2, -0.15) is 0 Å². The van der Waals surface area contributed by atoms with Crippen molar-refractivity contribution in [3.05, 3.63) is 6.15 Å². The predicted octanol–water partition coefficient (Wildman–Crippen LogP) is 1.19. The molecule has 0 aliphatic rings. The second-order valence-electron chi connectivity index (χ2n) is 0.932. The molecule has 0 heterocycles. The summed E-state index contributed by atoms with van der Waals surface area (Å²) in [6, 6.07) is 0. The molecule has 48 valence electrons. The van der Waals surface area contributed by atoms with Crippen molar-refractivity contribution in [1.82, 2.24) is 0 Å². The first-order chi connectivity index (χ1) is 2.91. The van der Waals surface area contributed by atoms with Crippen molar-refractivity contribution in [2.45, 2.75) is 13.3 Å². The summed E-state index contributed by atoms with van der Waals surface area (Å²) >= 11 is 0. The third kappa shape index (κ3) is 16.5. The van der Waals surface area contributed by atoms with Gasteiger partial charge in [0.1, 0.15) is 0 Å². The molecule has 0 saturated heterocycles. The Hall–Kier alpha value is 0.118. The molecule has 0 aliphatic heterocycles. The third-order valence-electron chi connectivity index (χ3n) is 0.365. The van der Waals surface area contributed by atoms with Crippen LogP contribution in [0.1, 0.15) is 13.3 Å². The van der Waals surface area contributed by atoms with E-state index < -0.39 is 0 Å². The number of carbonyl (C=O) groups excluding carboxylic acids is 1. The van der Waals surface area contributed by atoms with E-state index in [1.54, 1.807) is 0 Å². The van der Waals surface area contributed by atoms with Gasteiger partial charge in [0, 0.05) is 6.61 Å². The van der Waals surface area contributed by atoms with Crippen LogP contribution in [-0.2, 0) is 30.6 Å². The molecule has 0 spiro atoms. The molecule has 0 aromatic rings. The van der Waals surface area contributed by atoms with E-state index in [2.05, 4.69) is 4.74 Å². The van der Waals surface area contributed by atoms with Crippen LogP contribution in [0.2, 0.25) is 0 Å². The fourth-order valence-corrected chi connectivity index (χ4v) is 0.144. The van der Waals surface area contributed by atoms with Crippen LogP contribution in [0.5, 0.6) is 0 Å². The summed E-state index contributed by atoms with van der Waals surface area (Å²) in [7, 11) is 0. The van der Waals surface area contributed by atoms with Crippen LogP contribution in [-0.4, -0.2) is 13.1 Å². The van der Waals surface area contributed by atoms with Crippen molar-refractivity contribution in [2.75, 3.05) is 6.61 Å². The van der Waals surface area contributed by atoms with Gasteiger partial charge in [-0.3, -0.25) is 0 Å². The summed E-state index contributed by atoms with van der Waals surface area (Å²) < 4.78 is 4.18. The Kier molecular flexibility index (Phi) is 30.8. The summed E-state index contributed by atoms with van der Waals surface area (Å²) in [5, 5.41) is 0. The summed E-state index contributed by atoms with van der Waals surface area (Å²) in [4.78, 5) is 9.22.